The Kier molecular flexibility index (Phi) is 3.32. The summed E-state index contributed by atoms with van der Waals surface area (Å²) in [4.78, 5) is 12.5. The lowest BCUT2D eigenvalue weighted by Crippen LogP contribution is -2.04. The number of Topliss-reactive ketones (excluding diaryl/α,β-unsaturated/α-hetero) is 1. The third-order valence-electron chi connectivity index (χ3n) is 4.28. The Balaban J connectivity index is 1.87. The Bertz CT molecular complexity index is 741. The van der Waals surface area contributed by atoms with Crippen LogP contribution >= 0.6 is 0 Å². The first-order valence-electron chi connectivity index (χ1n) is 7.24. The average Bonchev–Trinajstić information content (AvgIpc) is 3.17. The van der Waals surface area contributed by atoms with Gasteiger partial charge in [0.15, 0.2) is 5.78 Å². The first-order chi connectivity index (χ1) is 10.4. The molecule has 4 heteroatoms. The molecule has 0 heterocycles. The van der Waals surface area contributed by atoms with E-state index in [0.29, 0.717) is 6.42 Å². The van der Waals surface area contributed by atoms with Gasteiger partial charge in [-0.25, -0.2) is 0 Å². The first-order valence-corrected chi connectivity index (χ1v) is 7.24. The van der Waals surface area contributed by atoms with Crippen LogP contribution in [0, 0.1) is 19.8 Å². The van der Waals surface area contributed by atoms with Crippen molar-refractivity contribution in [1.82, 2.24) is 0 Å². The van der Waals surface area contributed by atoms with Gasteiger partial charge in [0.05, 0.1) is 0 Å². The van der Waals surface area contributed by atoms with Gasteiger partial charge in [-0.1, -0.05) is 23.8 Å². The van der Waals surface area contributed by atoms with E-state index in [1.807, 2.05) is 26.0 Å². The summed E-state index contributed by atoms with van der Waals surface area (Å²) in [7, 11) is 0. The Morgan fingerprint density at radius 1 is 1.05 bits per heavy atom. The molecule has 4 nitrogen and oxygen atoms in total. The van der Waals surface area contributed by atoms with Crippen LogP contribution in [0.2, 0.25) is 0 Å². The number of aryl methyl sites for hydroxylation is 2. The van der Waals surface area contributed by atoms with E-state index in [1.54, 1.807) is 0 Å². The van der Waals surface area contributed by atoms with Crippen LogP contribution in [0.1, 0.15) is 39.4 Å². The number of phenolic OH excluding ortho intramolecular Hbond substituents is 3. The van der Waals surface area contributed by atoms with Gasteiger partial charge in [0.1, 0.15) is 22.8 Å². The van der Waals surface area contributed by atoms with Crippen molar-refractivity contribution >= 4 is 5.78 Å². The van der Waals surface area contributed by atoms with E-state index in [4.69, 9.17) is 0 Å². The summed E-state index contributed by atoms with van der Waals surface area (Å²) >= 11 is 0. The third kappa shape index (κ3) is 2.41. The summed E-state index contributed by atoms with van der Waals surface area (Å²) in [6, 6.07) is 8.30. The van der Waals surface area contributed by atoms with Crippen LogP contribution in [-0.4, -0.2) is 21.1 Å². The van der Waals surface area contributed by atoms with Crippen molar-refractivity contribution in [3.05, 3.63) is 52.6 Å². The second-order valence-electron chi connectivity index (χ2n) is 6.03. The number of aromatic hydroxyl groups is 3. The molecule has 0 aromatic heterocycles. The van der Waals surface area contributed by atoms with Crippen molar-refractivity contribution in [2.45, 2.75) is 26.2 Å². The molecular formula is C18H18O4. The van der Waals surface area contributed by atoms with Crippen LogP contribution in [0.25, 0.3) is 0 Å². The standard InChI is InChI=1S/C18H18O4/c1-9-3-4-12(10(2)5-9)13-8-14(13)18(22)17-15(20)6-11(19)7-16(17)21/h3-7,13-14,19-21H,8H2,1-2H3/t13?,14-/m0/s1. The van der Waals surface area contributed by atoms with Crippen LogP contribution in [0.15, 0.2) is 30.3 Å². The molecule has 1 saturated carbocycles. The van der Waals surface area contributed by atoms with E-state index in [0.717, 1.165) is 23.3 Å². The zero-order valence-electron chi connectivity index (χ0n) is 12.5. The van der Waals surface area contributed by atoms with E-state index in [1.165, 1.54) is 5.56 Å². The molecular weight excluding hydrogens is 280 g/mol. The monoisotopic (exact) mass is 298 g/mol. The van der Waals surface area contributed by atoms with E-state index in [2.05, 4.69) is 6.07 Å². The predicted molar refractivity (Wildman–Crippen MR) is 82.5 cm³/mol. The van der Waals surface area contributed by atoms with Gasteiger partial charge in [0, 0.05) is 18.1 Å². The molecule has 0 bridgehead atoms. The number of carbonyl (C=O) groups is 1. The van der Waals surface area contributed by atoms with Gasteiger partial charge in [-0.15, -0.1) is 0 Å². The number of hydrogen-bond acceptors (Lipinski definition) is 4. The lowest BCUT2D eigenvalue weighted by molar-refractivity contribution is 0.0960. The summed E-state index contributed by atoms with van der Waals surface area (Å²) in [5, 5.41) is 29.0. The normalized spacial score (nSPS) is 19.9. The highest BCUT2D eigenvalue weighted by atomic mass is 16.3. The summed E-state index contributed by atoms with van der Waals surface area (Å²) in [5.41, 5.74) is 3.37. The number of carbonyl (C=O) groups excluding carboxylic acids is 1. The molecule has 3 rings (SSSR count). The molecule has 1 fully saturated rings. The molecule has 2 atom stereocenters. The van der Waals surface area contributed by atoms with Crippen molar-refractivity contribution in [3.8, 4) is 17.2 Å². The topological polar surface area (TPSA) is 77.8 Å². The van der Waals surface area contributed by atoms with E-state index < -0.39 is 0 Å². The van der Waals surface area contributed by atoms with E-state index in [-0.39, 0.29) is 40.4 Å². The molecule has 0 saturated heterocycles. The van der Waals surface area contributed by atoms with Crippen molar-refractivity contribution in [1.29, 1.82) is 0 Å². The number of benzene rings is 2. The quantitative estimate of drug-likeness (QED) is 0.759. The highest BCUT2D eigenvalue weighted by molar-refractivity contribution is 6.05. The van der Waals surface area contributed by atoms with Gasteiger partial charge in [0.25, 0.3) is 0 Å². The molecule has 1 unspecified atom stereocenters. The second-order valence-corrected chi connectivity index (χ2v) is 6.03. The molecule has 3 N–H and O–H groups in total. The van der Waals surface area contributed by atoms with Gasteiger partial charge in [-0.05, 0) is 37.3 Å². The Labute approximate surface area is 128 Å². The van der Waals surface area contributed by atoms with Gasteiger partial charge in [0.2, 0.25) is 0 Å². The van der Waals surface area contributed by atoms with Gasteiger partial charge < -0.3 is 15.3 Å². The Morgan fingerprint density at radius 2 is 1.68 bits per heavy atom. The van der Waals surface area contributed by atoms with E-state index in [9.17, 15) is 20.1 Å². The van der Waals surface area contributed by atoms with Crippen molar-refractivity contribution < 1.29 is 20.1 Å². The van der Waals surface area contributed by atoms with Crippen molar-refractivity contribution in [2.75, 3.05) is 0 Å². The molecule has 2 aromatic carbocycles. The Hall–Kier alpha value is -2.49. The minimum absolute atomic E-state index is 0.102. The first kappa shape index (κ1) is 14.4. The smallest absolute Gasteiger partial charge is 0.174 e. The largest absolute Gasteiger partial charge is 0.508 e. The molecule has 2 aromatic rings. The van der Waals surface area contributed by atoms with E-state index >= 15 is 0 Å². The van der Waals surface area contributed by atoms with Crippen molar-refractivity contribution in [2.24, 2.45) is 5.92 Å². The highest BCUT2D eigenvalue weighted by Gasteiger charge is 2.46. The zero-order chi connectivity index (χ0) is 16.0. The van der Waals surface area contributed by atoms with Crippen molar-refractivity contribution in [3.63, 3.8) is 0 Å². The fourth-order valence-corrected chi connectivity index (χ4v) is 3.11. The molecule has 0 radical (unpaired) electrons. The lowest BCUT2D eigenvalue weighted by atomic mass is 9.97. The molecule has 1 aliphatic rings. The molecule has 0 spiro atoms. The fourth-order valence-electron chi connectivity index (χ4n) is 3.11. The minimum atomic E-state index is -0.381. The zero-order valence-corrected chi connectivity index (χ0v) is 12.5. The molecule has 1 aliphatic carbocycles. The SMILES string of the molecule is Cc1ccc(C2C[C@@H]2C(=O)c2c(O)cc(O)cc2O)c(C)c1. The predicted octanol–water partition coefficient (Wildman–Crippen LogP) is 3.41. The Morgan fingerprint density at radius 3 is 2.27 bits per heavy atom. The van der Waals surface area contributed by atoms with Crippen LogP contribution in [0.5, 0.6) is 17.2 Å². The summed E-state index contributed by atoms with van der Waals surface area (Å²) in [6.07, 6.45) is 0.711. The molecule has 0 amide bonds. The molecule has 0 aliphatic heterocycles. The number of ketones is 1. The molecule has 114 valence electrons. The van der Waals surface area contributed by atoms with Gasteiger partial charge in [-0.3, -0.25) is 4.79 Å². The van der Waals surface area contributed by atoms with Crippen LogP contribution in [0.3, 0.4) is 0 Å². The minimum Gasteiger partial charge on any atom is -0.508 e. The van der Waals surface area contributed by atoms with Gasteiger partial charge in [-0.2, -0.15) is 0 Å². The van der Waals surface area contributed by atoms with Crippen LogP contribution < -0.4 is 0 Å². The number of phenols is 3. The summed E-state index contributed by atoms with van der Waals surface area (Å²) in [6.45, 7) is 4.05. The maximum atomic E-state index is 12.5. The number of hydrogen-bond donors (Lipinski definition) is 3. The number of rotatable bonds is 3. The summed E-state index contributed by atoms with van der Waals surface area (Å²) in [5.74, 6) is -1.42. The third-order valence-corrected chi connectivity index (χ3v) is 4.28. The fraction of sp³-hybridized carbons (Fsp3) is 0.278. The maximum Gasteiger partial charge on any atom is 0.174 e. The molecule has 22 heavy (non-hydrogen) atoms. The lowest BCUT2D eigenvalue weighted by Gasteiger charge is -2.09. The summed E-state index contributed by atoms with van der Waals surface area (Å²) < 4.78 is 0. The maximum absolute atomic E-state index is 12.5. The highest BCUT2D eigenvalue weighted by Crippen LogP contribution is 2.52. The van der Waals surface area contributed by atoms with Gasteiger partial charge >= 0.3 is 0 Å². The second kappa shape index (κ2) is 5.05. The average molecular weight is 298 g/mol. The van der Waals surface area contributed by atoms with Crippen LogP contribution in [0.4, 0.5) is 0 Å². The van der Waals surface area contributed by atoms with Crippen LogP contribution in [-0.2, 0) is 0 Å².